The first-order valence-electron chi connectivity index (χ1n) is 9.51. The van der Waals surface area contributed by atoms with Crippen molar-refractivity contribution in [2.75, 3.05) is 25.6 Å². The molecule has 152 valence electrons. The van der Waals surface area contributed by atoms with Crippen molar-refractivity contribution in [3.05, 3.63) is 64.8 Å². The summed E-state index contributed by atoms with van der Waals surface area (Å²) in [5.74, 6) is -0.422. The largest absolute Gasteiger partial charge is 0.383 e. The highest BCUT2D eigenvalue weighted by Gasteiger charge is 2.16. The first-order valence-corrected chi connectivity index (χ1v) is 9.89. The van der Waals surface area contributed by atoms with Gasteiger partial charge in [-0.25, -0.2) is 0 Å². The molecule has 2 aromatic carbocycles. The van der Waals surface area contributed by atoms with Gasteiger partial charge < -0.3 is 19.9 Å². The summed E-state index contributed by atoms with van der Waals surface area (Å²) >= 11 is 6.11. The van der Waals surface area contributed by atoms with E-state index in [1.807, 2.05) is 28.8 Å². The fourth-order valence-corrected chi connectivity index (χ4v) is 3.42. The second-order valence-electron chi connectivity index (χ2n) is 6.64. The standard InChI is InChI=1S/C22H24ClN3O3/c1-3-11-26-19-9-8-16(25-21(27)17-6-4-5-7-18(17)23)13-15(19)14-20(26)22(28)24-10-12-29-2/h4-9,13-14H,3,10-12H2,1-2H3,(H,24,28)(H,25,27). The van der Waals surface area contributed by atoms with Crippen molar-refractivity contribution in [2.45, 2.75) is 19.9 Å². The average Bonchev–Trinajstić information content (AvgIpc) is 3.06. The van der Waals surface area contributed by atoms with Gasteiger partial charge in [-0.3, -0.25) is 9.59 Å². The summed E-state index contributed by atoms with van der Waals surface area (Å²) in [6.45, 7) is 3.69. The molecule has 7 heteroatoms. The fourth-order valence-electron chi connectivity index (χ4n) is 3.20. The molecular weight excluding hydrogens is 390 g/mol. The second-order valence-corrected chi connectivity index (χ2v) is 7.04. The molecule has 0 bridgehead atoms. The molecule has 0 saturated carbocycles. The summed E-state index contributed by atoms with van der Waals surface area (Å²) < 4.78 is 6.99. The lowest BCUT2D eigenvalue weighted by Gasteiger charge is -2.10. The van der Waals surface area contributed by atoms with Crippen molar-refractivity contribution in [1.82, 2.24) is 9.88 Å². The zero-order valence-corrected chi connectivity index (χ0v) is 17.3. The molecule has 0 aliphatic rings. The Morgan fingerprint density at radius 1 is 1.10 bits per heavy atom. The molecule has 0 unspecified atom stereocenters. The highest BCUT2D eigenvalue weighted by Crippen LogP contribution is 2.25. The molecule has 2 N–H and O–H groups in total. The zero-order valence-electron chi connectivity index (χ0n) is 16.5. The highest BCUT2D eigenvalue weighted by molar-refractivity contribution is 6.34. The number of aryl methyl sites for hydroxylation is 1. The molecule has 3 rings (SSSR count). The lowest BCUT2D eigenvalue weighted by atomic mass is 10.2. The van der Waals surface area contributed by atoms with Crippen LogP contribution in [0.5, 0.6) is 0 Å². The van der Waals surface area contributed by atoms with Crippen LogP contribution < -0.4 is 10.6 Å². The maximum atomic E-state index is 12.6. The van der Waals surface area contributed by atoms with Crippen LogP contribution in [0.15, 0.2) is 48.5 Å². The molecule has 2 amide bonds. The number of aromatic nitrogens is 1. The Balaban J connectivity index is 1.88. The van der Waals surface area contributed by atoms with Crippen LogP contribution in [0.25, 0.3) is 10.9 Å². The average molecular weight is 414 g/mol. The van der Waals surface area contributed by atoms with Gasteiger partial charge in [0.15, 0.2) is 0 Å². The van der Waals surface area contributed by atoms with E-state index in [1.54, 1.807) is 31.4 Å². The van der Waals surface area contributed by atoms with E-state index >= 15 is 0 Å². The highest BCUT2D eigenvalue weighted by atomic mass is 35.5. The third-order valence-electron chi connectivity index (χ3n) is 4.55. The van der Waals surface area contributed by atoms with Crippen LogP contribution in [0, 0.1) is 0 Å². The van der Waals surface area contributed by atoms with Crippen LogP contribution in [0.4, 0.5) is 5.69 Å². The number of anilines is 1. The number of benzene rings is 2. The minimum absolute atomic E-state index is 0.145. The quantitative estimate of drug-likeness (QED) is 0.540. The summed E-state index contributed by atoms with van der Waals surface area (Å²) in [5.41, 5.74) is 2.59. The van der Waals surface area contributed by atoms with Gasteiger partial charge in [-0.15, -0.1) is 0 Å². The number of carbonyl (C=O) groups is 2. The number of hydrogen-bond donors (Lipinski definition) is 2. The van der Waals surface area contributed by atoms with Crippen molar-refractivity contribution in [3.8, 4) is 0 Å². The fraction of sp³-hybridized carbons (Fsp3) is 0.273. The van der Waals surface area contributed by atoms with Gasteiger partial charge in [-0.2, -0.15) is 0 Å². The maximum absolute atomic E-state index is 12.6. The van der Waals surface area contributed by atoms with Crippen molar-refractivity contribution >= 4 is 40.0 Å². The van der Waals surface area contributed by atoms with Gasteiger partial charge in [-0.1, -0.05) is 30.7 Å². The number of rotatable bonds is 8. The van der Waals surface area contributed by atoms with E-state index in [9.17, 15) is 9.59 Å². The number of hydrogen-bond acceptors (Lipinski definition) is 3. The molecular formula is C22H24ClN3O3. The van der Waals surface area contributed by atoms with E-state index in [2.05, 4.69) is 17.6 Å². The van der Waals surface area contributed by atoms with Crippen LogP contribution in [-0.2, 0) is 11.3 Å². The first-order chi connectivity index (χ1) is 14.0. The van der Waals surface area contributed by atoms with Crippen molar-refractivity contribution < 1.29 is 14.3 Å². The Morgan fingerprint density at radius 3 is 2.62 bits per heavy atom. The summed E-state index contributed by atoms with van der Waals surface area (Å²) in [6, 6.07) is 14.4. The Kier molecular flexibility index (Phi) is 6.90. The Morgan fingerprint density at radius 2 is 1.90 bits per heavy atom. The van der Waals surface area contributed by atoms with Crippen LogP contribution in [0.2, 0.25) is 5.02 Å². The van der Waals surface area contributed by atoms with E-state index in [4.69, 9.17) is 16.3 Å². The lowest BCUT2D eigenvalue weighted by molar-refractivity contribution is 0.0927. The molecule has 0 aliphatic carbocycles. The number of methoxy groups -OCH3 is 1. The second kappa shape index (κ2) is 9.58. The van der Waals surface area contributed by atoms with E-state index in [-0.39, 0.29) is 11.8 Å². The number of ether oxygens (including phenoxy) is 1. The van der Waals surface area contributed by atoms with Gasteiger partial charge in [-0.05, 0) is 42.8 Å². The molecule has 0 aliphatic heterocycles. The van der Waals surface area contributed by atoms with Gasteiger partial charge >= 0.3 is 0 Å². The van der Waals surface area contributed by atoms with Crippen molar-refractivity contribution in [1.29, 1.82) is 0 Å². The Hall–Kier alpha value is -2.83. The van der Waals surface area contributed by atoms with Gasteiger partial charge in [0.25, 0.3) is 11.8 Å². The smallest absolute Gasteiger partial charge is 0.268 e. The van der Waals surface area contributed by atoms with E-state index in [0.29, 0.717) is 35.1 Å². The van der Waals surface area contributed by atoms with Gasteiger partial charge in [0.2, 0.25) is 0 Å². The number of amides is 2. The number of halogens is 1. The molecule has 1 heterocycles. The number of nitrogens with one attached hydrogen (secondary N) is 2. The van der Waals surface area contributed by atoms with Crippen LogP contribution in [0.3, 0.4) is 0 Å². The molecule has 1 aromatic heterocycles. The third kappa shape index (κ3) is 4.78. The number of nitrogens with zero attached hydrogens (tertiary/aromatic N) is 1. The molecule has 0 spiro atoms. The van der Waals surface area contributed by atoms with Crippen LogP contribution in [-0.4, -0.2) is 36.6 Å². The summed E-state index contributed by atoms with van der Waals surface area (Å²) in [7, 11) is 1.60. The van der Waals surface area contributed by atoms with Gasteiger partial charge in [0.1, 0.15) is 5.69 Å². The number of carbonyl (C=O) groups excluding carboxylic acids is 2. The zero-order chi connectivity index (χ0) is 20.8. The van der Waals surface area contributed by atoms with Gasteiger partial charge in [0.05, 0.1) is 17.2 Å². The summed E-state index contributed by atoms with van der Waals surface area (Å²) in [5, 5.41) is 7.02. The lowest BCUT2D eigenvalue weighted by Crippen LogP contribution is -2.28. The van der Waals surface area contributed by atoms with Crippen LogP contribution in [0.1, 0.15) is 34.2 Å². The molecule has 6 nitrogen and oxygen atoms in total. The number of fused-ring (bicyclic) bond motifs is 1. The predicted molar refractivity (Wildman–Crippen MR) is 116 cm³/mol. The minimum atomic E-state index is -0.277. The van der Waals surface area contributed by atoms with Gasteiger partial charge in [0, 0.05) is 36.8 Å². The monoisotopic (exact) mass is 413 g/mol. The molecule has 0 fully saturated rings. The van der Waals surface area contributed by atoms with Crippen LogP contribution >= 0.6 is 11.6 Å². The normalized spacial score (nSPS) is 10.9. The van der Waals surface area contributed by atoms with E-state index in [0.717, 1.165) is 23.9 Å². The van der Waals surface area contributed by atoms with Crippen molar-refractivity contribution in [3.63, 3.8) is 0 Å². The Bertz CT molecular complexity index is 1030. The van der Waals surface area contributed by atoms with E-state index < -0.39 is 0 Å². The van der Waals surface area contributed by atoms with Crippen molar-refractivity contribution in [2.24, 2.45) is 0 Å². The first kappa shape index (κ1) is 20.9. The topological polar surface area (TPSA) is 72.4 Å². The Labute approximate surface area is 174 Å². The van der Waals surface area contributed by atoms with E-state index in [1.165, 1.54) is 0 Å². The summed E-state index contributed by atoms with van der Waals surface area (Å²) in [4.78, 5) is 25.1. The summed E-state index contributed by atoms with van der Waals surface area (Å²) in [6.07, 6.45) is 0.896. The molecule has 29 heavy (non-hydrogen) atoms. The maximum Gasteiger partial charge on any atom is 0.268 e. The molecule has 0 radical (unpaired) electrons. The molecule has 0 atom stereocenters. The third-order valence-corrected chi connectivity index (χ3v) is 4.88. The predicted octanol–water partition coefficient (Wildman–Crippen LogP) is 4.33. The molecule has 0 saturated heterocycles. The SMILES string of the molecule is CCCn1c(C(=O)NCCOC)cc2cc(NC(=O)c3ccccc3Cl)ccc21. The molecule has 3 aromatic rings. The minimum Gasteiger partial charge on any atom is -0.383 e.